The highest BCUT2D eigenvalue weighted by Gasteiger charge is 2.30. The molecule has 0 fully saturated rings. The smallest absolute Gasteiger partial charge is 0.352 e. The van der Waals surface area contributed by atoms with Gasteiger partial charge < -0.3 is 50.0 Å². The van der Waals surface area contributed by atoms with Gasteiger partial charge in [-0.05, 0) is 34.1 Å². The molecule has 20 nitrogen and oxygen atoms in total. The van der Waals surface area contributed by atoms with E-state index in [1.54, 1.807) is 27.7 Å². The van der Waals surface area contributed by atoms with Crippen LogP contribution in [0.25, 0.3) is 23.0 Å². The highest BCUT2D eigenvalue weighted by molar-refractivity contribution is 5.51. The predicted molar refractivity (Wildman–Crippen MR) is 168 cm³/mol. The molecule has 4 heterocycles. The van der Waals surface area contributed by atoms with Crippen molar-refractivity contribution in [3.8, 4) is 23.0 Å². The quantitative estimate of drug-likeness (QED) is 0.0611. The van der Waals surface area contributed by atoms with E-state index in [0.717, 1.165) is 9.13 Å². The maximum Gasteiger partial charge on any atom is 0.352 e. The number of rotatable bonds is 14. The van der Waals surface area contributed by atoms with Crippen LogP contribution in [0.4, 0.5) is 0 Å². The Morgan fingerprint density at radius 1 is 0.531 bits per heavy atom. The Kier molecular flexibility index (Phi) is 11.6. The van der Waals surface area contributed by atoms with E-state index < -0.39 is 85.4 Å². The zero-order chi connectivity index (χ0) is 36.5. The van der Waals surface area contributed by atoms with Crippen molar-refractivity contribution in [3.05, 3.63) is 64.5 Å². The molecule has 0 bridgehead atoms. The summed E-state index contributed by atoms with van der Waals surface area (Å²) in [7, 11) is 0. The zero-order valence-electron chi connectivity index (χ0n) is 27.2. The Labute approximate surface area is 276 Å². The van der Waals surface area contributed by atoms with Gasteiger partial charge in [-0.25, -0.2) is 19.6 Å². The molecular formula is C29H40N8O12. The molecule has 0 radical (unpaired) electrons. The van der Waals surface area contributed by atoms with Gasteiger partial charge in [-0.2, -0.15) is 9.97 Å². The molecule has 0 amide bonds. The number of aromatic nitrogens is 8. The summed E-state index contributed by atoms with van der Waals surface area (Å²) in [6.45, 7) is 3.30. The average molecular weight is 693 g/mol. The molecule has 0 aromatic carbocycles. The Morgan fingerprint density at radius 2 is 0.878 bits per heavy atom. The lowest BCUT2D eigenvalue weighted by Gasteiger charge is -2.26. The maximum absolute atomic E-state index is 13.4. The first kappa shape index (κ1) is 37.5. The molecule has 0 aromatic heterocycles. The van der Waals surface area contributed by atoms with Crippen molar-refractivity contribution < 1.29 is 40.9 Å². The molecule has 4 aliphatic heterocycles. The number of fused-ring (bicyclic) bond motifs is 2. The third-order valence-corrected chi connectivity index (χ3v) is 8.57. The maximum atomic E-state index is 13.4. The zero-order valence-corrected chi connectivity index (χ0v) is 27.2. The van der Waals surface area contributed by atoms with Crippen molar-refractivity contribution in [1.82, 2.24) is 38.2 Å². The molecule has 0 unspecified atom stereocenters. The van der Waals surface area contributed by atoms with Gasteiger partial charge in [0.15, 0.2) is 23.0 Å². The molecule has 0 saturated heterocycles. The van der Waals surface area contributed by atoms with Gasteiger partial charge in [-0.15, -0.1) is 0 Å². The summed E-state index contributed by atoms with van der Waals surface area (Å²) in [6, 6.07) is 0. The second-order valence-electron chi connectivity index (χ2n) is 11.8. The number of aryl methyl sites for hydroxylation is 2. The summed E-state index contributed by atoms with van der Waals surface area (Å²) in [4.78, 5) is 69.4. The fourth-order valence-electron chi connectivity index (χ4n) is 5.35. The highest BCUT2D eigenvalue weighted by Crippen LogP contribution is 2.20. The van der Waals surface area contributed by atoms with Gasteiger partial charge in [0.2, 0.25) is 0 Å². The summed E-state index contributed by atoms with van der Waals surface area (Å²) in [6.07, 6.45) is -10.1. The van der Waals surface area contributed by atoms with E-state index in [2.05, 4.69) is 19.9 Å². The summed E-state index contributed by atoms with van der Waals surface area (Å²) in [5, 5.41) is 78.8. The van der Waals surface area contributed by atoms with Gasteiger partial charge in [0.25, 0.3) is 11.1 Å². The third-order valence-electron chi connectivity index (χ3n) is 8.57. The van der Waals surface area contributed by atoms with Crippen molar-refractivity contribution in [2.24, 2.45) is 0 Å². The lowest BCUT2D eigenvalue weighted by atomic mass is 10.1. The largest absolute Gasteiger partial charge is 0.394 e. The number of hydrogen-bond donors (Lipinski definition) is 8. The van der Waals surface area contributed by atoms with Crippen LogP contribution in [-0.4, -0.2) is 129 Å². The lowest BCUT2D eigenvalue weighted by molar-refractivity contribution is -0.0807. The minimum Gasteiger partial charge on any atom is -0.394 e. The van der Waals surface area contributed by atoms with Crippen LogP contribution in [0.2, 0.25) is 0 Å². The molecule has 8 N–H and O–H groups in total. The second kappa shape index (κ2) is 15.1. The van der Waals surface area contributed by atoms with Crippen molar-refractivity contribution in [2.45, 2.75) is 96.9 Å². The van der Waals surface area contributed by atoms with Crippen LogP contribution < -0.4 is 22.5 Å². The van der Waals surface area contributed by atoms with Gasteiger partial charge in [0, 0.05) is 24.5 Å². The number of aliphatic hydroxyl groups is 8. The van der Waals surface area contributed by atoms with E-state index in [4.69, 9.17) is 10.2 Å². The van der Waals surface area contributed by atoms with E-state index in [-0.39, 0.29) is 42.5 Å². The normalized spacial score (nSPS) is 15.8. The van der Waals surface area contributed by atoms with E-state index >= 15 is 0 Å². The standard InChI is InChI=1S/C29H40N8O12/c1-12-14(3)36(8-16(40)22(44)18(42)10-38)24-20(30-12)26(46)34(28(48)32-24)6-5-7-35-27(47)21-25(33-29(35)49)37(15(4)13(2)31-21)9-17(41)23(45)19(43)11-39/h16-19,22-23,38-45H,5-11H2,1-4H3/t16-,17-,18+,19+,22-,23-/m0/s1. The summed E-state index contributed by atoms with van der Waals surface area (Å²) in [5.41, 5.74) is -2.65. The summed E-state index contributed by atoms with van der Waals surface area (Å²) >= 11 is 0. The second-order valence-corrected chi connectivity index (χ2v) is 11.8. The van der Waals surface area contributed by atoms with Crippen molar-refractivity contribution in [3.63, 3.8) is 0 Å². The molecule has 4 rings (SSSR count). The van der Waals surface area contributed by atoms with Gasteiger partial charge in [0.1, 0.15) is 36.6 Å². The van der Waals surface area contributed by atoms with Crippen LogP contribution in [0, 0.1) is 27.7 Å². The minimum absolute atomic E-state index is 0.0890. The lowest BCUT2D eigenvalue weighted by Crippen LogP contribution is -2.44. The Balaban J connectivity index is 1.65. The molecule has 4 aliphatic rings. The van der Waals surface area contributed by atoms with E-state index in [9.17, 15) is 49.8 Å². The molecule has 0 spiro atoms. The Morgan fingerprint density at radius 3 is 1.20 bits per heavy atom. The average Bonchev–Trinajstić information content (AvgIpc) is 3.07. The van der Waals surface area contributed by atoms with Crippen molar-refractivity contribution in [2.75, 3.05) is 13.2 Å². The molecule has 6 atom stereocenters. The first-order chi connectivity index (χ1) is 23.0. The summed E-state index contributed by atoms with van der Waals surface area (Å²) in [5.74, 6) is -0.381. The minimum atomic E-state index is -1.75. The predicted octanol–water partition coefficient (Wildman–Crippen LogP) is -5.40. The Bertz CT molecular complexity index is 1850. The molecule has 268 valence electrons. The molecule has 0 aliphatic carbocycles. The van der Waals surface area contributed by atoms with E-state index in [1.165, 1.54) is 9.13 Å². The van der Waals surface area contributed by atoms with Crippen LogP contribution in [0.3, 0.4) is 0 Å². The topological polar surface area (TPSA) is 301 Å². The number of hydrogen-bond acceptors (Lipinski definition) is 16. The van der Waals surface area contributed by atoms with Crippen LogP contribution in [0.15, 0.2) is 19.2 Å². The van der Waals surface area contributed by atoms with Crippen LogP contribution in [0.1, 0.15) is 29.2 Å². The molecule has 0 aromatic rings. The van der Waals surface area contributed by atoms with Gasteiger partial charge in [0.05, 0.1) is 37.7 Å². The first-order valence-corrected chi connectivity index (χ1v) is 15.3. The van der Waals surface area contributed by atoms with E-state index in [1.807, 2.05) is 0 Å². The SMILES string of the molecule is Cc1nc2c(=O)n(CCCn3c(=O)nc4n(C[C@H](O)[C@H](O)[C@H](O)CO)c(C)c(C)nc-4c3=O)c(=O)nc-2n(C[C@H](O)[C@H](O)[C@H](O)CO)c1C. The van der Waals surface area contributed by atoms with Crippen LogP contribution in [0.5, 0.6) is 0 Å². The summed E-state index contributed by atoms with van der Waals surface area (Å²) < 4.78 is 4.13. The monoisotopic (exact) mass is 692 g/mol. The highest BCUT2D eigenvalue weighted by atomic mass is 16.4. The van der Waals surface area contributed by atoms with Crippen molar-refractivity contribution in [1.29, 1.82) is 0 Å². The van der Waals surface area contributed by atoms with Gasteiger partial charge in [-0.1, -0.05) is 0 Å². The van der Waals surface area contributed by atoms with E-state index in [0.29, 0.717) is 22.8 Å². The van der Waals surface area contributed by atoms with Crippen molar-refractivity contribution >= 4 is 0 Å². The van der Waals surface area contributed by atoms with Crippen LogP contribution in [-0.2, 0) is 26.2 Å². The first-order valence-electron chi connectivity index (χ1n) is 15.3. The molecule has 49 heavy (non-hydrogen) atoms. The van der Waals surface area contributed by atoms with Gasteiger partial charge in [-0.3, -0.25) is 18.7 Å². The molecular weight excluding hydrogens is 652 g/mol. The fourth-order valence-corrected chi connectivity index (χ4v) is 5.35. The van der Waals surface area contributed by atoms with Gasteiger partial charge >= 0.3 is 11.4 Å². The molecule has 20 heteroatoms. The number of aliphatic hydroxyl groups excluding tert-OH is 8. The number of nitrogens with zero attached hydrogens (tertiary/aromatic N) is 8. The molecule has 0 saturated carbocycles. The van der Waals surface area contributed by atoms with Crippen LogP contribution >= 0.6 is 0 Å². The third kappa shape index (κ3) is 7.35. The fraction of sp³-hybridized carbons (Fsp3) is 0.586. The Hall–Kier alpha value is -4.28.